The van der Waals surface area contributed by atoms with Gasteiger partial charge in [0.25, 0.3) is 5.91 Å². The molecule has 4 heteroatoms. The molecule has 0 spiro atoms. The van der Waals surface area contributed by atoms with Gasteiger partial charge < -0.3 is 5.11 Å². The second-order valence-corrected chi connectivity index (χ2v) is 8.03. The largest absolute Gasteiger partial charge is 0.481 e. The molecule has 0 radical (unpaired) electrons. The van der Waals surface area contributed by atoms with E-state index >= 15 is 0 Å². The van der Waals surface area contributed by atoms with E-state index in [-0.39, 0.29) is 12.3 Å². The predicted octanol–water partition coefficient (Wildman–Crippen LogP) is 4.61. The minimum Gasteiger partial charge on any atom is -0.481 e. The van der Waals surface area contributed by atoms with E-state index in [2.05, 4.69) is 6.92 Å². The van der Waals surface area contributed by atoms with Crippen molar-refractivity contribution in [3.05, 3.63) is 70.9 Å². The van der Waals surface area contributed by atoms with Gasteiger partial charge in [0, 0.05) is 16.6 Å². The Morgan fingerprint density at radius 2 is 1.81 bits per heavy atom. The molecule has 0 aliphatic heterocycles. The van der Waals surface area contributed by atoms with Gasteiger partial charge in [0.05, 0.1) is 11.9 Å². The molecule has 1 aliphatic rings. The van der Waals surface area contributed by atoms with Crippen LogP contribution >= 0.6 is 0 Å². The van der Waals surface area contributed by atoms with Crippen molar-refractivity contribution in [2.75, 3.05) is 0 Å². The lowest BCUT2D eigenvalue weighted by Crippen LogP contribution is -2.13. The highest BCUT2D eigenvalue weighted by Crippen LogP contribution is 2.47. The van der Waals surface area contributed by atoms with Crippen LogP contribution in [0.3, 0.4) is 0 Å². The summed E-state index contributed by atoms with van der Waals surface area (Å²) in [6.45, 7) is 4.18. The van der Waals surface area contributed by atoms with Crippen LogP contribution in [-0.2, 0) is 17.6 Å². The van der Waals surface area contributed by atoms with Gasteiger partial charge in [-0.1, -0.05) is 31.2 Å². The molecule has 1 N–H and O–H groups in total. The third-order valence-electron chi connectivity index (χ3n) is 5.60. The Morgan fingerprint density at radius 3 is 2.44 bits per heavy atom. The van der Waals surface area contributed by atoms with E-state index in [4.69, 9.17) is 5.11 Å². The monoisotopic (exact) mass is 361 g/mol. The van der Waals surface area contributed by atoms with Crippen molar-refractivity contribution in [1.82, 2.24) is 4.57 Å². The number of hydrogen-bond donors (Lipinski definition) is 1. The lowest BCUT2D eigenvalue weighted by atomic mass is 9.98. The van der Waals surface area contributed by atoms with Gasteiger partial charge in [-0.25, -0.2) is 0 Å². The van der Waals surface area contributed by atoms with Crippen LogP contribution in [0.4, 0.5) is 0 Å². The van der Waals surface area contributed by atoms with Gasteiger partial charge >= 0.3 is 5.97 Å². The molecule has 1 saturated carbocycles. The Labute approximate surface area is 158 Å². The molecule has 0 amide bonds. The van der Waals surface area contributed by atoms with Crippen molar-refractivity contribution in [2.45, 2.75) is 39.5 Å². The fourth-order valence-corrected chi connectivity index (χ4v) is 3.79. The first-order chi connectivity index (χ1) is 12.9. The van der Waals surface area contributed by atoms with E-state index in [0.29, 0.717) is 11.0 Å². The zero-order valence-electron chi connectivity index (χ0n) is 15.7. The second-order valence-electron chi connectivity index (χ2n) is 8.03. The molecule has 0 bridgehead atoms. The van der Waals surface area contributed by atoms with Crippen molar-refractivity contribution in [2.24, 2.45) is 5.41 Å². The molecule has 0 atom stereocenters. The average molecular weight is 361 g/mol. The number of carbonyl (C=O) groups is 2. The molecule has 1 heterocycles. The Bertz CT molecular complexity index is 1040. The molecule has 0 saturated heterocycles. The van der Waals surface area contributed by atoms with E-state index in [1.165, 1.54) is 18.4 Å². The van der Waals surface area contributed by atoms with Gasteiger partial charge in [-0.15, -0.1) is 0 Å². The molecule has 4 rings (SSSR count). The summed E-state index contributed by atoms with van der Waals surface area (Å²) >= 11 is 0. The van der Waals surface area contributed by atoms with E-state index in [9.17, 15) is 9.59 Å². The molecule has 1 aliphatic carbocycles. The molecule has 3 aromatic rings. The SMILES string of the molecule is Cc1cc2c(CC(=O)O)cccc2n1C(=O)c1ccc(CC2(C)CC2)cc1. The van der Waals surface area contributed by atoms with Crippen molar-refractivity contribution in [3.63, 3.8) is 0 Å². The summed E-state index contributed by atoms with van der Waals surface area (Å²) in [7, 11) is 0. The standard InChI is InChI=1S/C23H23NO3/c1-15-12-19-18(13-21(25)26)4-3-5-20(19)24(15)22(27)17-8-6-16(7-9-17)14-23(2)10-11-23/h3-9,12H,10-11,13-14H2,1-2H3,(H,25,26). The lowest BCUT2D eigenvalue weighted by molar-refractivity contribution is -0.136. The van der Waals surface area contributed by atoms with Crippen LogP contribution in [0.25, 0.3) is 10.9 Å². The predicted molar refractivity (Wildman–Crippen MR) is 105 cm³/mol. The third kappa shape index (κ3) is 3.39. The molecular formula is C23H23NO3. The summed E-state index contributed by atoms with van der Waals surface area (Å²) in [4.78, 5) is 24.3. The minimum atomic E-state index is -0.876. The van der Waals surface area contributed by atoms with E-state index in [1.54, 1.807) is 10.6 Å². The van der Waals surface area contributed by atoms with Crippen molar-refractivity contribution < 1.29 is 14.7 Å². The van der Waals surface area contributed by atoms with Crippen LogP contribution in [0.5, 0.6) is 0 Å². The third-order valence-corrected chi connectivity index (χ3v) is 5.60. The number of fused-ring (bicyclic) bond motifs is 1. The molecular weight excluding hydrogens is 338 g/mol. The first-order valence-corrected chi connectivity index (χ1v) is 9.32. The van der Waals surface area contributed by atoms with Crippen molar-refractivity contribution >= 4 is 22.8 Å². The zero-order chi connectivity index (χ0) is 19.2. The molecule has 2 aromatic carbocycles. The summed E-state index contributed by atoms with van der Waals surface area (Å²) in [6, 6.07) is 15.3. The summed E-state index contributed by atoms with van der Waals surface area (Å²) in [5.41, 5.74) is 4.64. The lowest BCUT2D eigenvalue weighted by Gasteiger charge is -2.10. The average Bonchev–Trinajstić information content (AvgIpc) is 3.23. The van der Waals surface area contributed by atoms with Gasteiger partial charge in [0.2, 0.25) is 0 Å². The number of benzene rings is 2. The Kier molecular flexibility index (Phi) is 4.14. The highest BCUT2D eigenvalue weighted by atomic mass is 16.4. The van der Waals surface area contributed by atoms with Crippen LogP contribution in [-0.4, -0.2) is 21.6 Å². The number of aromatic nitrogens is 1. The smallest absolute Gasteiger partial charge is 0.307 e. The fraction of sp³-hybridized carbons (Fsp3) is 0.304. The molecule has 138 valence electrons. The summed E-state index contributed by atoms with van der Waals surface area (Å²) in [5.74, 6) is -0.960. The van der Waals surface area contributed by atoms with E-state index in [0.717, 1.165) is 28.6 Å². The Hall–Kier alpha value is -2.88. The maximum absolute atomic E-state index is 13.1. The number of aliphatic carboxylic acids is 1. The van der Waals surface area contributed by atoms with Crippen molar-refractivity contribution in [3.8, 4) is 0 Å². The van der Waals surface area contributed by atoms with Crippen LogP contribution in [0.15, 0.2) is 48.5 Å². The number of carboxylic acid groups (broad SMARTS) is 1. The quantitative estimate of drug-likeness (QED) is 0.722. The van der Waals surface area contributed by atoms with E-state index < -0.39 is 5.97 Å². The van der Waals surface area contributed by atoms with Crippen LogP contribution in [0.2, 0.25) is 0 Å². The molecule has 27 heavy (non-hydrogen) atoms. The van der Waals surface area contributed by atoms with Crippen LogP contribution in [0.1, 0.15) is 46.9 Å². The van der Waals surface area contributed by atoms with Gasteiger partial charge in [0.15, 0.2) is 0 Å². The van der Waals surface area contributed by atoms with Gasteiger partial charge in [-0.3, -0.25) is 14.2 Å². The van der Waals surface area contributed by atoms with Crippen LogP contribution < -0.4 is 0 Å². The number of rotatable bonds is 5. The maximum Gasteiger partial charge on any atom is 0.307 e. The Morgan fingerprint density at radius 1 is 1.11 bits per heavy atom. The van der Waals surface area contributed by atoms with Crippen LogP contribution in [0, 0.1) is 12.3 Å². The van der Waals surface area contributed by atoms with Crippen molar-refractivity contribution in [1.29, 1.82) is 0 Å². The summed E-state index contributed by atoms with van der Waals surface area (Å²) in [5, 5.41) is 9.95. The molecule has 0 unspecified atom stereocenters. The number of aryl methyl sites for hydroxylation is 1. The topological polar surface area (TPSA) is 59.3 Å². The fourth-order valence-electron chi connectivity index (χ4n) is 3.79. The number of hydrogen-bond acceptors (Lipinski definition) is 2. The first kappa shape index (κ1) is 17.5. The summed E-state index contributed by atoms with van der Waals surface area (Å²) in [6.07, 6.45) is 3.57. The second kappa shape index (κ2) is 6.38. The maximum atomic E-state index is 13.1. The molecule has 1 fully saturated rings. The first-order valence-electron chi connectivity index (χ1n) is 9.32. The summed E-state index contributed by atoms with van der Waals surface area (Å²) < 4.78 is 1.68. The molecule has 4 nitrogen and oxygen atoms in total. The minimum absolute atomic E-state index is 0.0531. The zero-order valence-corrected chi connectivity index (χ0v) is 15.7. The number of carboxylic acids is 1. The molecule has 1 aromatic heterocycles. The highest BCUT2D eigenvalue weighted by Gasteiger charge is 2.36. The highest BCUT2D eigenvalue weighted by molar-refractivity contribution is 6.03. The number of carbonyl (C=O) groups excluding carboxylic acids is 1. The normalized spacial score (nSPS) is 15.0. The van der Waals surface area contributed by atoms with Gasteiger partial charge in [-0.05, 0) is 67.0 Å². The number of nitrogens with zero attached hydrogens (tertiary/aromatic N) is 1. The van der Waals surface area contributed by atoms with Gasteiger partial charge in [-0.2, -0.15) is 0 Å². The van der Waals surface area contributed by atoms with E-state index in [1.807, 2.05) is 49.4 Å². The van der Waals surface area contributed by atoms with Gasteiger partial charge in [0.1, 0.15) is 0 Å². The Balaban J connectivity index is 1.68.